The summed E-state index contributed by atoms with van der Waals surface area (Å²) < 4.78 is 2.81. The normalized spacial score (nSPS) is 14.8. The SMILES string of the molecule is CC(C)c1ccc(NC(=O)Cn2c(=O)n(C3CCCCC3)c(=O)c3ccccc32)cc1. The average Bonchev–Trinajstić information content (AvgIpc) is 2.78. The molecule has 0 unspecified atom stereocenters. The van der Waals surface area contributed by atoms with Crippen LogP contribution in [0.15, 0.2) is 58.1 Å². The van der Waals surface area contributed by atoms with Crippen molar-refractivity contribution in [2.75, 3.05) is 5.32 Å². The number of fused-ring (bicyclic) bond motifs is 1. The average molecular weight is 420 g/mol. The third kappa shape index (κ3) is 4.33. The van der Waals surface area contributed by atoms with Gasteiger partial charge in [-0.2, -0.15) is 0 Å². The van der Waals surface area contributed by atoms with Crippen molar-refractivity contribution in [3.63, 3.8) is 0 Å². The van der Waals surface area contributed by atoms with E-state index < -0.39 is 5.69 Å². The summed E-state index contributed by atoms with van der Waals surface area (Å²) in [6.45, 7) is 4.09. The molecular formula is C25H29N3O3. The van der Waals surface area contributed by atoms with E-state index in [9.17, 15) is 14.4 Å². The van der Waals surface area contributed by atoms with E-state index in [1.165, 1.54) is 14.7 Å². The lowest BCUT2D eigenvalue weighted by molar-refractivity contribution is -0.116. The van der Waals surface area contributed by atoms with Crippen LogP contribution in [-0.2, 0) is 11.3 Å². The number of hydrogen-bond donors (Lipinski definition) is 1. The number of nitrogens with zero attached hydrogens (tertiary/aromatic N) is 2. The monoisotopic (exact) mass is 419 g/mol. The molecule has 1 aliphatic rings. The largest absolute Gasteiger partial charge is 0.332 e. The minimum Gasteiger partial charge on any atom is -0.325 e. The van der Waals surface area contributed by atoms with Crippen LogP contribution in [0.3, 0.4) is 0 Å². The highest BCUT2D eigenvalue weighted by atomic mass is 16.2. The van der Waals surface area contributed by atoms with Crippen molar-refractivity contribution in [2.45, 2.75) is 64.5 Å². The first-order valence-corrected chi connectivity index (χ1v) is 11.1. The zero-order chi connectivity index (χ0) is 22.0. The highest BCUT2D eigenvalue weighted by molar-refractivity contribution is 5.91. The standard InChI is InChI=1S/C25H29N3O3/c1-17(2)18-12-14-19(15-13-18)26-23(29)16-27-22-11-7-6-10-21(22)24(30)28(25(27)31)20-8-4-3-5-9-20/h6-7,10-15,17,20H,3-5,8-9,16H2,1-2H3,(H,26,29). The Bertz CT molecular complexity index is 1200. The van der Waals surface area contributed by atoms with Crippen molar-refractivity contribution in [3.05, 3.63) is 74.9 Å². The van der Waals surface area contributed by atoms with Crippen LogP contribution in [0.1, 0.15) is 63.5 Å². The Hall–Kier alpha value is -3.15. The lowest BCUT2D eigenvalue weighted by atomic mass is 9.95. The van der Waals surface area contributed by atoms with Gasteiger partial charge in [-0.15, -0.1) is 0 Å². The molecule has 4 rings (SSSR count). The zero-order valence-corrected chi connectivity index (χ0v) is 18.1. The Morgan fingerprint density at radius 3 is 2.35 bits per heavy atom. The number of aromatic nitrogens is 2. The number of carbonyl (C=O) groups is 1. The first-order valence-electron chi connectivity index (χ1n) is 11.1. The van der Waals surface area contributed by atoms with Crippen LogP contribution in [-0.4, -0.2) is 15.0 Å². The molecule has 1 aliphatic carbocycles. The number of rotatable bonds is 5. The maximum Gasteiger partial charge on any atom is 0.332 e. The van der Waals surface area contributed by atoms with Crippen molar-refractivity contribution < 1.29 is 4.79 Å². The van der Waals surface area contributed by atoms with Crippen LogP contribution in [0.25, 0.3) is 10.9 Å². The molecule has 0 bridgehead atoms. The Labute approximate surface area is 181 Å². The number of anilines is 1. The first kappa shape index (κ1) is 21.1. The van der Waals surface area contributed by atoms with Crippen LogP contribution < -0.4 is 16.6 Å². The number of hydrogen-bond acceptors (Lipinski definition) is 3. The summed E-state index contributed by atoms with van der Waals surface area (Å²) >= 11 is 0. The third-order valence-corrected chi connectivity index (χ3v) is 6.18. The van der Waals surface area contributed by atoms with Crippen LogP contribution in [0.5, 0.6) is 0 Å². The van der Waals surface area contributed by atoms with Crippen molar-refractivity contribution in [1.29, 1.82) is 0 Å². The van der Waals surface area contributed by atoms with E-state index in [4.69, 9.17) is 0 Å². The van der Waals surface area contributed by atoms with Crippen LogP contribution in [0.2, 0.25) is 0 Å². The minimum absolute atomic E-state index is 0.101. The van der Waals surface area contributed by atoms with Crippen molar-refractivity contribution in [2.24, 2.45) is 0 Å². The van der Waals surface area contributed by atoms with Gasteiger partial charge in [-0.1, -0.05) is 57.4 Å². The quantitative estimate of drug-likeness (QED) is 0.665. The number of nitrogens with one attached hydrogen (secondary N) is 1. The van der Waals surface area contributed by atoms with E-state index in [2.05, 4.69) is 19.2 Å². The molecule has 2 aromatic carbocycles. The Kier molecular flexibility index (Phi) is 6.07. The second-order valence-electron chi connectivity index (χ2n) is 8.68. The highest BCUT2D eigenvalue weighted by Gasteiger charge is 2.23. The topological polar surface area (TPSA) is 73.1 Å². The van der Waals surface area contributed by atoms with Gasteiger partial charge in [-0.25, -0.2) is 4.79 Å². The van der Waals surface area contributed by atoms with Gasteiger partial charge in [0.1, 0.15) is 6.54 Å². The van der Waals surface area contributed by atoms with Gasteiger partial charge < -0.3 is 5.32 Å². The van der Waals surface area contributed by atoms with E-state index in [-0.39, 0.29) is 24.1 Å². The number of para-hydroxylation sites is 1. The summed E-state index contributed by atoms with van der Waals surface area (Å²) in [5.41, 5.74) is 1.72. The van der Waals surface area contributed by atoms with Crippen molar-refractivity contribution in [1.82, 2.24) is 9.13 Å². The highest BCUT2D eigenvalue weighted by Crippen LogP contribution is 2.26. The number of benzene rings is 2. The predicted molar refractivity (Wildman–Crippen MR) is 124 cm³/mol. The maximum absolute atomic E-state index is 13.4. The van der Waals surface area contributed by atoms with Gasteiger partial charge >= 0.3 is 5.69 Å². The second-order valence-corrected chi connectivity index (χ2v) is 8.68. The van der Waals surface area contributed by atoms with Crippen LogP contribution in [0, 0.1) is 0 Å². The van der Waals surface area contributed by atoms with E-state index >= 15 is 0 Å². The molecule has 1 amide bonds. The molecule has 1 fully saturated rings. The van der Waals surface area contributed by atoms with Crippen molar-refractivity contribution in [3.8, 4) is 0 Å². The van der Waals surface area contributed by atoms with E-state index in [1.807, 2.05) is 24.3 Å². The van der Waals surface area contributed by atoms with E-state index in [1.54, 1.807) is 24.3 Å². The maximum atomic E-state index is 13.4. The molecule has 1 saturated carbocycles. The van der Waals surface area contributed by atoms with Gasteiger partial charge in [0, 0.05) is 11.7 Å². The summed E-state index contributed by atoms with van der Waals surface area (Å²) in [6.07, 6.45) is 4.79. The molecule has 6 nitrogen and oxygen atoms in total. The predicted octanol–water partition coefficient (Wildman–Crippen LogP) is 4.43. The molecule has 1 heterocycles. The van der Waals surface area contributed by atoms with Gasteiger partial charge in [-0.3, -0.25) is 18.7 Å². The fraction of sp³-hybridized carbons (Fsp3) is 0.400. The molecule has 1 N–H and O–H groups in total. The third-order valence-electron chi connectivity index (χ3n) is 6.18. The zero-order valence-electron chi connectivity index (χ0n) is 18.1. The molecule has 1 aromatic heterocycles. The fourth-order valence-electron chi connectivity index (χ4n) is 4.45. The number of carbonyl (C=O) groups excluding carboxylic acids is 1. The smallest absolute Gasteiger partial charge is 0.325 e. The van der Waals surface area contributed by atoms with Gasteiger partial charge in [0.2, 0.25) is 5.91 Å². The molecule has 0 aliphatic heterocycles. The van der Waals surface area contributed by atoms with Gasteiger partial charge in [0.15, 0.2) is 0 Å². The van der Waals surface area contributed by atoms with Crippen molar-refractivity contribution >= 4 is 22.5 Å². The summed E-state index contributed by atoms with van der Waals surface area (Å²) in [5.74, 6) is 0.119. The minimum atomic E-state index is -0.402. The summed E-state index contributed by atoms with van der Waals surface area (Å²) in [7, 11) is 0. The molecule has 0 saturated heterocycles. The van der Waals surface area contributed by atoms with Crippen LogP contribution >= 0.6 is 0 Å². The van der Waals surface area contributed by atoms with Crippen LogP contribution in [0.4, 0.5) is 5.69 Å². The lowest BCUT2D eigenvalue weighted by Gasteiger charge is -2.24. The molecule has 3 aromatic rings. The molecule has 0 atom stereocenters. The summed E-state index contributed by atoms with van der Waals surface area (Å²) in [5, 5.41) is 3.35. The molecule has 0 spiro atoms. The second kappa shape index (κ2) is 8.92. The number of amides is 1. The van der Waals surface area contributed by atoms with Gasteiger partial charge in [0.25, 0.3) is 5.56 Å². The van der Waals surface area contributed by atoms with Gasteiger partial charge in [0.05, 0.1) is 10.9 Å². The molecular weight excluding hydrogens is 390 g/mol. The summed E-state index contributed by atoms with van der Waals surface area (Å²) in [4.78, 5) is 39.3. The molecule has 6 heteroatoms. The molecule has 162 valence electrons. The Morgan fingerprint density at radius 1 is 1.00 bits per heavy atom. The lowest BCUT2D eigenvalue weighted by Crippen LogP contribution is -2.44. The Morgan fingerprint density at radius 2 is 1.68 bits per heavy atom. The molecule has 0 radical (unpaired) electrons. The first-order chi connectivity index (χ1) is 15.0. The molecule has 31 heavy (non-hydrogen) atoms. The van der Waals surface area contributed by atoms with Gasteiger partial charge in [-0.05, 0) is 48.6 Å². The Balaban J connectivity index is 1.68. The summed E-state index contributed by atoms with van der Waals surface area (Å²) in [6, 6.07) is 14.7. The van der Waals surface area contributed by atoms with E-state index in [0.29, 0.717) is 22.5 Å². The van der Waals surface area contributed by atoms with E-state index in [0.717, 1.165) is 32.1 Å². The fourth-order valence-corrected chi connectivity index (χ4v) is 4.45.